The van der Waals surface area contributed by atoms with Crippen LogP contribution in [0.3, 0.4) is 0 Å². The van der Waals surface area contributed by atoms with Crippen molar-refractivity contribution in [3.63, 3.8) is 0 Å². The van der Waals surface area contributed by atoms with Crippen LogP contribution in [0.2, 0.25) is 0 Å². The number of carbonyl (C=O) groups is 4. The third kappa shape index (κ3) is 5.37. The molecule has 4 N–H and O–H groups in total. The van der Waals surface area contributed by atoms with Crippen LogP contribution >= 0.6 is 0 Å². The summed E-state index contributed by atoms with van der Waals surface area (Å²) in [6.45, 7) is 3.18. The largest absolute Gasteiger partial charge is 0.399 e. The van der Waals surface area contributed by atoms with Crippen molar-refractivity contribution in [3.05, 3.63) is 155 Å². The van der Waals surface area contributed by atoms with Gasteiger partial charge in [-0.3, -0.25) is 19.2 Å². The van der Waals surface area contributed by atoms with Gasteiger partial charge in [-0.05, 0) is 132 Å². The maximum absolute atomic E-state index is 14.0. The topological polar surface area (TPSA) is 161 Å². The molecular weight excluding hydrogens is 689 g/mol. The molecule has 0 spiro atoms. The van der Waals surface area contributed by atoms with E-state index in [1.807, 2.05) is 24.3 Å². The number of aryl methyl sites for hydroxylation is 2. The number of imide groups is 2. The second-order valence-corrected chi connectivity index (χ2v) is 14.9. The fourth-order valence-corrected chi connectivity index (χ4v) is 8.62. The Morgan fingerprint density at radius 2 is 0.755 bits per heavy atom. The van der Waals surface area contributed by atoms with Gasteiger partial charge in [0.25, 0.3) is 23.6 Å². The van der Waals surface area contributed by atoms with Crippen molar-refractivity contribution in [3.8, 4) is 22.3 Å². The number of hydrogen-bond acceptors (Lipinski definition) is 8. The van der Waals surface area contributed by atoms with Gasteiger partial charge in [0.1, 0.15) is 0 Å². The van der Waals surface area contributed by atoms with E-state index in [0.717, 1.165) is 32.1 Å². The SMILES string of the molecule is Cc1cc(N2C(=O)c3ccc(-c4ccc(N)cc4)cc3C2=O)ccc1S(=O)(=O)c1ccc(N2C(=O)c3ccc(-c4ccc(N)cc4)cc3C2=O)cc1C. The van der Waals surface area contributed by atoms with Gasteiger partial charge in [-0.15, -0.1) is 0 Å². The van der Waals surface area contributed by atoms with E-state index in [-0.39, 0.29) is 43.4 Å². The van der Waals surface area contributed by atoms with Crippen LogP contribution in [0, 0.1) is 13.8 Å². The van der Waals surface area contributed by atoms with E-state index < -0.39 is 33.5 Å². The number of carbonyl (C=O) groups excluding carboxylic acids is 4. The number of nitrogen functional groups attached to an aromatic ring is 2. The quantitative estimate of drug-likeness (QED) is 0.135. The summed E-state index contributed by atoms with van der Waals surface area (Å²) in [6, 6.07) is 33.0. The molecule has 6 aromatic carbocycles. The number of sulfone groups is 1. The molecule has 10 nitrogen and oxygen atoms in total. The lowest BCUT2D eigenvalue weighted by molar-refractivity contribution is 0.0910. The van der Waals surface area contributed by atoms with E-state index in [1.54, 1.807) is 74.5 Å². The van der Waals surface area contributed by atoms with Gasteiger partial charge in [0, 0.05) is 11.4 Å². The van der Waals surface area contributed by atoms with Gasteiger partial charge >= 0.3 is 0 Å². The standard InChI is InChI=1S/C42H30N4O6S/c1-23-19-31(45-39(47)33-15-7-27(21-35(33)41(45)49)25-3-9-29(43)10-4-25)13-17-37(23)53(51,52)38-18-14-32(20-24(38)2)46-40(48)34-16-8-28(22-36(34)42(46)50)26-5-11-30(44)12-6-26/h3-22H,43-44H2,1-2H3. The van der Waals surface area contributed by atoms with E-state index in [0.29, 0.717) is 22.5 Å². The Morgan fingerprint density at radius 3 is 1.11 bits per heavy atom. The van der Waals surface area contributed by atoms with Crippen molar-refractivity contribution in [2.75, 3.05) is 21.3 Å². The van der Waals surface area contributed by atoms with E-state index in [2.05, 4.69) is 0 Å². The molecule has 4 amide bonds. The summed E-state index contributed by atoms with van der Waals surface area (Å²) in [6.07, 6.45) is 0. The Kier molecular flexibility index (Phi) is 7.63. The molecule has 0 bridgehead atoms. The molecule has 11 heteroatoms. The second kappa shape index (κ2) is 12.1. The van der Waals surface area contributed by atoms with Crippen LogP contribution in [-0.2, 0) is 9.84 Å². The number of rotatable bonds is 6. The molecule has 8 rings (SSSR count). The average Bonchev–Trinajstić information content (AvgIpc) is 3.54. The van der Waals surface area contributed by atoms with Crippen molar-refractivity contribution in [2.24, 2.45) is 0 Å². The minimum absolute atomic E-state index is 0.0183. The maximum Gasteiger partial charge on any atom is 0.266 e. The van der Waals surface area contributed by atoms with Crippen LogP contribution in [0.1, 0.15) is 52.6 Å². The van der Waals surface area contributed by atoms with Crippen LogP contribution in [0.15, 0.2) is 131 Å². The lowest BCUT2D eigenvalue weighted by Gasteiger charge is -2.18. The first-order valence-electron chi connectivity index (χ1n) is 16.6. The molecule has 0 atom stereocenters. The van der Waals surface area contributed by atoms with Gasteiger partial charge in [-0.2, -0.15) is 0 Å². The van der Waals surface area contributed by atoms with Crippen LogP contribution in [0.4, 0.5) is 22.7 Å². The molecule has 0 saturated heterocycles. The summed E-state index contributed by atoms with van der Waals surface area (Å²) < 4.78 is 28.1. The van der Waals surface area contributed by atoms with Crippen molar-refractivity contribution >= 4 is 56.2 Å². The molecule has 6 aromatic rings. The highest BCUT2D eigenvalue weighted by Crippen LogP contribution is 2.37. The van der Waals surface area contributed by atoms with Gasteiger partial charge < -0.3 is 11.5 Å². The highest BCUT2D eigenvalue weighted by Gasteiger charge is 2.39. The minimum Gasteiger partial charge on any atom is -0.399 e. The number of benzene rings is 6. The van der Waals surface area contributed by atoms with Crippen LogP contribution in [0.25, 0.3) is 22.3 Å². The Bertz CT molecular complexity index is 2520. The normalized spacial score (nSPS) is 13.8. The number of nitrogens with two attached hydrogens (primary N) is 2. The number of anilines is 4. The number of nitrogens with zero attached hydrogens (tertiary/aromatic N) is 2. The number of hydrogen-bond donors (Lipinski definition) is 2. The van der Waals surface area contributed by atoms with Gasteiger partial charge in [-0.1, -0.05) is 36.4 Å². The molecule has 2 heterocycles. The highest BCUT2D eigenvalue weighted by molar-refractivity contribution is 7.91. The fraction of sp³-hybridized carbons (Fsp3) is 0.0476. The summed E-state index contributed by atoms with van der Waals surface area (Å²) in [7, 11) is -4.12. The van der Waals surface area contributed by atoms with Crippen LogP contribution in [0.5, 0.6) is 0 Å². The van der Waals surface area contributed by atoms with E-state index in [1.165, 1.54) is 36.4 Å². The highest BCUT2D eigenvalue weighted by atomic mass is 32.2. The van der Waals surface area contributed by atoms with E-state index in [9.17, 15) is 27.6 Å². The van der Waals surface area contributed by atoms with Gasteiger partial charge in [0.05, 0.1) is 43.4 Å². The molecule has 0 aromatic heterocycles. The molecule has 0 unspecified atom stereocenters. The molecule has 0 fully saturated rings. The third-order valence-electron chi connectivity index (χ3n) is 9.67. The minimum atomic E-state index is -4.12. The maximum atomic E-state index is 14.0. The average molecular weight is 719 g/mol. The monoisotopic (exact) mass is 718 g/mol. The fourth-order valence-electron chi connectivity index (χ4n) is 6.93. The summed E-state index contributed by atoms with van der Waals surface area (Å²) in [5.74, 6) is -2.05. The van der Waals surface area contributed by atoms with E-state index in [4.69, 9.17) is 11.5 Å². The Morgan fingerprint density at radius 1 is 0.415 bits per heavy atom. The molecule has 0 radical (unpaired) electrons. The first-order chi connectivity index (χ1) is 25.3. The third-order valence-corrected chi connectivity index (χ3v) is 11.7. The first kappa shape index (κ1) is 33.3. The van der Waals surface area contributed by atoms with Crippen molar-refractivity contribution in [1.82, 2.24) is 0 Å². The second-order valence-electron chi connectivity index (χ2n) is 13.1. The Labute approximate surface area is 304 Å². The van der Waals surface area contributed by atoms with Gasteiger partial charge in [-0.25, -0.2) is 18.2 Å². The van der Waals surface area contributed by atoms with Crippen LogP contribution in [-0.4, -0.2) is 32.0 Å². The summed E-state index contributed by atoms with van der Waals surface area (Å²) >= 11 is 0. The summed E-state index contributed by atoms with van der Waals surface area (Å²) in [5, 5.41) is 0. The van der Waals surface area contributed by atoms with E-state index >= 15 is 0 Å². The Balaban J connectivity index is 1.05. The lowest BCUT2D eigenvalue weighted by atomic mass is 10.00. The molecule has 0 saturated carbocycles. The summed E-state index contributed by atoms with van der Waals surface area (Å²) in [5.41, 5.74) is 18.1. The molecule has 2 aliphatic heterocycles. The van der Waals surface area contributed by atoms with Crippen LogP contribution < -0.4 is 21.3 Å². The number of fused-ring (bicyclic) bond motifs is 2. The molecule has 0 aliphatic carbocycles. The molecule has 53 heavy (non-hydrogen) atoms. The van der Waals surface area contributed by atoms with Gasteiger partial charge in [0.15, 0.2) is 0 Å². The molecular formula is C42H30N4O6S. The zero-order valence-electron chi connectivity index (χ0n) is 28.5. The van der Waals surface area contributed by atoms with Gasteiger partial charge in [0.2, 0.25) is 9.84 Å². The zero-order valence-corrected chi connectivity index (χ0v) is 29.3. The smallest absolute Gasteiger partial charge is 0.266 e. The predicted octanol–water partition coefficient (Wildman–Crippen LogP) is 7.24. The number of amides is 4. The van der Waals surface area contributed by atoms with Crippen molar-refractivity contribution in [1.29, 1.82) is 0 Å². The summed E-state index contributed by atoms with van der Waals surface area (Å²) in [4.78, 5) is 56.0. The first-order valence-corrected chi connectivity index (χ1v) is 18.1. The lowest BCUT2D eigenvalue weighted by Crippen LogP contribution is -2.29. The zero-order chi connectivity index (χ0) is 37.3. The van der Waals surface area contributed by atoms with Crippen molar-refractivity contribution < 1.29 is 27.6 Å². The predicted molar refractivity (Wildman–Crippen MR) is 203 cm³/mol. The Hall–Kier alpha value is -6.85. The molecule has 260 valence electrons. The molecule has 2 aliphatic rings. The van der Waals surface area contributed by atoms with Crippen molar-refractivity contribution in [2.45, 2.75) is 23.6 Å².